The maximum Gasteiger partial charge on any atom is 0.217 e. The summed E-state index contributed by atoms with van der Waals surface area (Å²) in [6, 6.07) is -10.0. The molecule has 30 atom stereocenters. The molecular weight excluding hydrogens is 1160 g/mol. The number of aliphatic hydroxyl groups excluding tert-OH is 14. The van der Waals surface area contributed by atoms with Crippen molar-refractivity contribution in [1.82, 2.24) is 31.9 Å². The smallest absolute Gasteiger partial charge is 0.217 e. The van der Waals surface area contributed by atoms with Crippen LogP contribution in [-0.2, 0) is 80.9 Å². The van der Waals surface area contributed by atoms with Crippen LogP contribution in [0.1, 0.15) is 41.5 Å². The summed E-state index contributed by atoms with van der Waals surface area (Å²) in [5, 5.41) is 168. The van der Waals surface area contributed by atoms with Gasteiger partial charge < -0.3 is 155 Å². The van der Waals surface area contributed by atoms with E-state index in [9.17, 15) is 100 Å². The van der Waals surface area contributed by atoms with Gasteiger partial charge in [-0.3, -0.25) is 28.8 Å². The molecule has 6 aliphatic heterocycles. The van der Waals surface area contributed by atoms with Crippen LogP contribution < -0.4 is 31.9 Å². The van der Waals surface area contributed by atoms with E-state index >= 15 is 0 Å². The Bertz CT molecular complexity index is 2230. The molecule has 0 aromatic heterocycles. The van der Waals surface area contributed by atoms with E-state index in [0.29, 0.717) is 0 Å². The van der Waals surface area contributed by atoms with Crippen LogP contribution >= 0.6 is 0 Å². The van der Waals surface area contributed by atoms with E-state index in [2.05, 4.69) is 31.9 Å². The lowest BCUT2D eigenvalue weighted by molar-refractivity contribution is -0.370. The lowest BCUT2D eigenvalue weighted by atomic mass is 9.92. The highest BCUT2D eigenvalue weighted by Gasteiger charge is 2.59. The van der Waals surface area contributed by atoms with Crippen molar-refractivity contribution in [2.45, 2.75) is 225 Å². The summed E-state index contributed by atoms with van der Waals surface area (Å²) in [6.07, 6.45) is -43.4. The van der Waals surface area contributed by atoms with Crippen LogP contribution in [0.4, 0.5) is 0 Å². The predicted octanol–water partition coefficient (Wildman–Crippen LogP) is -13.2. The second-order valence-corrected chi connectivity index (χ2v) is 21.2. The molecule has 0 unspecified atom stereocenters. The molecule has 0 bridgehead atoms. The molecule has 20 N–H and O–H groups in total. The Labute approximate surface area is 483 Å². The molecule has 0 aromatic rings. The van der Waals surface area contributed by atoms with Gasteiger partial charge in [-0.25, -0.2) is 0 Å². The number of nitrogens with one attached hydrogen (secondary N) is 6. The fraction of sp³-hybridized carbons (Fsp3) is 0.875. The maximum atomic E-state index is 12.8. The lowest BCUT2D eigenvalue weighted by Crippen LogP contribution is -2.72. The Morgan fingerprint density at radius 3 is 0.694 bits per heavy atom. The first kappa shape index (κ1) is 69.9. The highest BCUT2D eigenvalue weighted by molar-refractivity contribution is 5.75. The standard InChI is InChI=1S/C48H80N6O31/c1-13(61)49-25-33(69)38(20(8-56)75-43(25)74)81-45-27(51-15(3)63)35(71)40(22(10-58)77-45)83-47-29(53-17(5)65)37(73)42(24(12-60)79-47)85-48-30(54-18(6)66)36(72)41(23(11-59)80-48)84-46-28(52-16(4)64)34(70)39(21(9-57)78-46)82-44-26(50-14(2)62)32(68)31(67)19(7-55)76-44/h19-48,55-60,67-74H,7-12H2,1-6H3,(H,49,61)(H,50,62)(H,51,63)(H,52,64)(H,53,65)(H,54,66)/t19-,20-,21-,22-,23-,24-,25-,26-,27-,28-,29-,30-,31+,32-,33-,34-,35-,36-,37-,38+,39+,40+,41+,42+,43+,44-,45-,46-,47-,48-/m1/s1. The number of carbonyl (C=O) groups excluding carboxylic acids is 6. The van der Waals surface area contributed by atoms with E-state index in [1.165, 1.54) is 0 Å². The average molecular weight is 1240 g/mol. The predicted molar refractivity (Wildman–Crippen MR) is 269 cm³/mol. The second-order valence-electron chi connectivity index (χ2n) is 21.2. The van der Waals surface area contributed by atoms with Crippen molar-refractivity contribution in [1.29, 1.82) is 0 Å². The number of rotatable bonds is 22. The largest absolute Gasteiger partial charge is 0.394 e. The highest BCUT2D eigenvalue weighted by Crippen LogP contribution is 2.37. The normalized spacial score (nSPS) is 44.0. The van der Waals surface area contributed by atoms with Gasteiger partial charge in [-0.1, -0.05) is 0 Å². The first-order valence-electron chi connectivity index (χ1n) is 27.1. The fourth-order valence-corrected chi connectivity index (χ4v) is 11.0. The number of amides is 6. The number of carbonyl (C=O) groups is 6. The molecule has 6 amide bonds. The van der Waals surface area contributed by atoms with Crippen molar-refractivity contribution in [2.75, 3.05) is 39.6 Å². The lowest BCUT2D eigenvalue weighted by Gasteiger charge is -2.51. The van der Waals surface area contributed by atoms with E-state index in [-0.39, 0.29) is 0 Å². The third kappa shape index (κ3) is 16.4. The number of hydrogen-bond donors (Lipinski definition) is 20. The van der Waals surface area contributed by atoms with Crippen LogP contribution in [0.5, 0.6) is 0 Å². The summed E-state index contributed by atoms with van der Waals surface area (Å²) in [6.45, 7) is 0.406. The van der Waals surface area contributed by atoms with Gasteiger partial charge in [0.1, 0.15) is 146 Å². The fourth-order valence-electron chi connectivity index (χ4n) is 11.0. The van der Waals surface area contributed by atoms with Gasteiger partial charge in [-0.2, -0.15) is 0 Å². The number of aliphatic hydroxyl groups is 14. The molecule has 0 radical (unpaired) electrons. The molecule has 488 valence electrons. The number of hydrogen-bond acceptors (Lipinski definition) is 31. The van der Waals surface area contributed by atoms with Crippen LogP contribution in [0, 0.1) is 0 Å². The number of ether oxygens (including phenoxy) is 11. The topological polar surface area (TPSA) is 559 Å². The molecule has 37 heteroatoms. The Hall–Kier alpha value is -4.18. The summed E-state index contributed by atoms with van der Waals surface area (Å²) in [5.41, 5.74) is 0. The molecule has 85 heavy (non-hydrogen) atoms. The van der Waals surface area contributed by atoms with Crippen LogP contribution in [-0.4, -0.2) is 330 Å². The summed E-state index contributed by atoms with van der Waals surface area (Å²) < 4.78 is 65.4. The molecule has 6 aliphatic rings. The Balaban J connectivity index is 1.23. The minimum Gasteiger partial charge on any atom is -0.394 e. The zero-order valence-corrected chi connectivity index (χ0v) is 46.8. The van der Waals surface area contributed by atoms with Crippen molar-refractivity contribution < 1.29 is 152 Å². The molecule has 0 aliphatic carbocycles. The highest BCUT2D eigenvalue weighted by atomic mass is 16.8. The maximum absolute atomic E-state index is 12.8. The Morgan fingerprint density at radius 2 is 0.471 bits per heavy atom. The minimum absolute atomic E-state index is 0.705. The first-order valence-corrected chi connectivity index (χ1v) is 27.1. The molecule has 0 spiro atoms. The van der Waals surface area contributed by atoms with E-state index in [0.717, 1.165) is 41.5 Å². The van der Waals surface area contributed by atoms with Gasteiger partial charge in [0.25, 0.3) is 0 Å². The zero-order valence-electron chi connectivity index (χ0n) is 46.8. The zero-order chi connectivity index (χ0) is 63.0. The van der Waals surface area contributed by atoms with Crippen LogP contribution in [0.3, 0.4) is 0 Å². The molecular formula is C48H80N6O31. The third-order valence-corrected chi connectivity index (χ3v) is 14.8. The van der Waals surface area contributed by atoms with Gasteiger partial charge in [-0.15, -0.1) is 0 Å². The van der Waals surface area contributed by atoms with Crippen LogP contribution in [0.15, 0.2) is 0 Å². The van der Waals surface area contributed by atoms with Crippen molar-refractivity contribution >= 4 is 35.4 Å². The van der Waals surface area contributed by atoms with Crippen molar-refractivity contribution in [3.63, 3.8) is 0 Å². The minimum atomic E-state index is -2.07. The quantitative estimate of drug-likeness (QED) is 0.0479. The summed E-state index contributed by atoms with van der Waals surface area (Å²) in [5.74, 6) is -4.75. The summed E-state index contributed by atoms with van der Waals surface area (Å²) in [7, 11) is 0. The Kier molecular flexibility index (Phi) is 25.4. The molecule has 6 rings (SSSR count). The third-order valence-electron chi connectivity index (χ3n) is 14.8. The van der Waals surface area contributed by atoms with E-state index in [1.807, 2.05) is 0 Å². The molecule has 6 saturated heterocycles. The van der Waals surface area contributed by atoms with Crippen LogP contribution in [0.25, 0.3) is 0 Å². The van der Waals surface area contributed by atoms with Gasteiger partial charge in [0.2, 0.25) is 35.4 Å². The first-order chi connectivity index (χ1) is 40.1. The van der Waals surface area contributed by atoms with Crippen molar-refractivity contribution in [2.24, 2.45) is 0 Å². The van der Waals surface area contributed by atoms with Gasteiger partial charge in [-0.05, 0) is 0 Å². The molecule has 37 nitrogen and oxygen atoms in total. The van der Waals surface area contributed by atoms with Crippen LogP contribution in [0.2, 0.25) is 0 Å². The van der Waals surface area contributed by atoms with Crippen molar-refractivity contribution in [3.8, 4) is 0 Å². The SMILES string of the molecule is CC(=O)N[C@@H]1[C@@H](O)[C@@H](O[C@H]2O[C@H](CO)[C@H](O[C@H]3O[C@H](CO)[C@H](O[C@H]4O[C@H](CO)[C@H](O[C@H]5O[C@H](CO)[C@H](O[C@H]6O[C@H](CO)[C@H](O)[C@H](O)[C@H]6NC(C)=O)[C@H](O)[C@H]5NC(C)=O)[C@H](O)[C@H]4NC(C)=O)[C@H](O)[C@H]3NC(C)=O)[C@H](O)[C@H]2NC(C)=O)[C@@H](CO)O[C@@H]1O. The van der Waals surface area contributed by atoms with E-state index in [4.69, 9.17) is 52.1 Å². The molecule has 0 aromatic carbocycles. The Morgan fingerprint density at radius 1 is 0.282 bits per heavy atom. The van der Waals surface area contributed by atoms with E-state index in [1.54, 1.807) is 0 Å². The average Bonchev–Trinajstić information content (AvgIpc) is 2.60. The molecule has 6 fully saturated rings. The molecule has 0 saturated carbocycles. The van der Waals surface area contributed by atoms with Gasteiger partial charge in [0, 0.05) is 41.5 Å². The summed E-state index contributed by atoms with van der Waals surface area (Å²) in [4.78, 5) is 74.9. The van der Waals surface area contributed by atoms with Gasteiger partial charge >= 0.3 is 0 Å². The second kappa shape index (κ2) is 30.8. The van der Waals surface area contributed by atoms with E-state index < -0.39 is 259 Å². The van der Waals surface area contributed by atoms with Gasteiger partial charge in [0.05, 0.1) is 39.6 Å². The van der Waals surface area contributed by atoms with Crippen molar-refractivity contribution in [3.05, 3.63) is 0 Å². The van der Waals surface area contributed by atoms with Gasteiger partial charge in [0.15, 0.2) is 37.7 Å². The molecule has 6 heterocycles. The summed E-state index contributed by atoms with van der Waals surface area (Å²) >= 11 is 0. The monoisotopic (exact) mass is 1240 g/mol.